The lowest BCUT2D eigenvalue weighted by molar-refractivity contribution is 0.247. The van der Waals surface area contributed by atoms with E-state index in [0.29, 0.717) is 18.0 Å². The lowest BCUT2D eigenvalue weighted by atomic mass is 10.2. The molecule has 2 aromatic rings. The molecule has 2 aromatic heterocycles. The molecule has 29 heavy (non-hydrogen) atoms. The van der Waals surface area contributed by atoms with Crippen molar-refractivity contribution in [3.05, 3.63) is 35.3 Å². The van der Waals surface area contributed by atoms with E-state index in [4.69, 9.17) is 4.52 Å². The maximum atomic E-state index is 12.8. The molecule has 0 radical (unpaired) electrons. The first-order valence-electron chi connectivity index (χ1n) is 10.3. The zero-order valence-corrected chi connectivity index (χ0v) is 18.0. The molecule has 0 unspecified atom stereocenters. The molecule has 9 heteroatoms. The van der Waals surface area contributed by atoms with Gasteiger partial charge < -0.3 is 9.42 Å². The summed E-state index contributed by atoms with van der Waals surface area (Å²) in [6, 6.07) is 3.53. The summed E-state index contributed by atoms with van der Waals surface area (Å²) in [6.07, 6.45) is 4.48. The summed E-state index contributed by atoms with van der Waals surface area (Å²) in [5, 5.41) is 4.03. The van der Waals surface area contributed by atoms with Gasteiger partial charge in [-0.3, -0.25) is 4.90 Å². The summed E-state index contributed by atoms with van der Waals surface area (Å²) in [5.74, 6) is 1.72. The number of anilines is 1. The first-order valence-corrected chi connectivity index (χ1v) is 11.7. The van der Waals surface area contributed by atoms with Crippen LogP contribution < -0.4 is 4.90 Å². The highest BCUT2D eigenvalue weighted by atomic mass is 32.2. The van der Waals surface area contributed by atoms with E-state index < -0.39 is 10.0 Å². The van der Waals surface area contributed by atoms with Crippen LogP contribution >= 0.6 is 0 Å². The number of rotatable bonds is 5. The minimum absolute atomic E-state index is 0.292. The molecule has 0 aromatic carbocycles. The van der Waals surface area contributed by atoms with Crippen molar-refractivity contribution in [2.24, 2.45) is 0 Å². The third-order valence-electron chi connectivity index (χ3n) is 5.93. The van der Waals surface area contributed by atoms with Gasteiger partial charge in [-0.25, -0.2) is 13.4 Å². The summed E-state index contributed by atoms with van der Waals surface area (Å²) in [6.45, 7) is 9.53. The van der Waals surface area contributed by atoms with Gasteiger partial charge in [0.15, 0.2) is 0 Å². The van der Waals surface area contributed by atoms with Crippen LogP contribution in [-0.2, 0) is 16.6 Å². The van der Waals surface area contributed by atoms with Crippen molar-refractivity contribution in [1.82, 2.24) is 19.3 Å². The van der Waals surface area contributed by atoms with Crippen LogP contribution in [0.5, 0.6) is 0 Å². The van der Waals surface area contributed by atoms with Gasteiger partial charge in [0.2, 0.25) is 10.0 Å². The number of hydrogen-bond acceptors (Lipinski definition) is 7. The largest absolute Gasteiger partial charge is 0.361 e. The Labute approximate surface area is 172 Å². The van der Waals surface area contributed by atoms with Crippen LogP contribution in [0.1, 0.15) is 36.3 Å². The highest BCUT2D eigenvalue weighted by Crippen LogP contribution is 2.23. The third-order valence-corrected chi connectivity index (χ3v) is 7.81. The zero-order valence-electron chi connectivity index (χ0n) is 17.2. The number of nitrogens with zero attached hydrogens (tertiary/aromatic N) is 5. The van der Waals surface area contributed by atoms with Gasteiger partial charge in [0, 0.05) is 57.6 Å². The topological polar surface area (TPSA) is 82.8 Å². The number of pyridine rings is 1. The predicted octanol–water partition coefficient (Wildman–Crippen LogP) is 2.18. The molecule has 2 aliphatic heterocycles. The molecule has 158 valence electrons. The highest BCUT2D eigenvalue weighted by molar-refractivity contribution is 7.89. The van der Waals surface area contributed by atoms with Crippen LogP contribution in [0.4, 0.5) is 5.82 Å². The van der Waals surface area contributed by atoms with Crippen molar-refractivity contribution < 1.29 is 12.9 Å². The number of sulfonamides is 1. The molecule has 2 aliphatic rings. The summed E-state index contributed by atoms with van der Waals surface area (Å²) in [5.41, 5.74) is 2.13. The molecular weight excluding hydrogens is 390 g/mol. The van der Waals surface area contributed by atoms with E-state index in [9.17, 15) is 8.42 Å². The van der Waals surface area contributed by atoms with E-state index in [1.54, 1.807) is 10.4 Å². The van der Waals surface area contributed by atoms with E-state index in [0.717, 1.165) is 69.3 Å². The Balaban J connectivity index is 1.37. The van der Waals surface area contributed by atoms with Crippen molar-refractivity contribution in [3.8, 4) is 0 Å². The van der Waals surface area contributed by atoms with Crippen LogP contribution in [0.25, 0.3) is 0 Å². The standard InChI is InChI=1S/C20H29N5O3S/c1-16-19(17(2)28-22-16)15-23-10-12-24(13-11-23)20-7-6-18(14-21-20)29(26,27)25-8-4-3-5-9-25/h6-7,14H,3-5,8-13,15H2,1-2H3. The van der Waals surface area contributed by atoms with E-state index in [1.165, 1.54) is 11.8 Å². The summed E-state index contributed by atoms with van der Waals surface area (Å²) >= 11 is 0. The second-order valence-electron chi connectivity index (χ2n) is 7.88. The lowest BCUT2D eigenvalue weighted by Crippen LogP contribution is -2.46. The van der Waals surface area contributed by atoms with Gasteiger partial charge in [-0.15, -0.1) is 0 Å². The smallest absolute Gasteiger partial charge is 0.244 e. The number of hydrogen-bond donors (Lipinski definition) is 0. The van der Waals surface area contributed by atoms with E-state index >= 15 is 0 Å². The third kappa shape index (κ3) is 4.31. The average Bonchev–Trinajstić information content (AvgIpc) is 3.07. The predicted molar refractivity (Wildman–Crippen MR) is 110 cm³/mol. The monoisotopic (exact) mass is 419 g/mol. The van der Waals surface area contributed by atoms with Gasteiger partial charge in [-0.1, -0.05) is 11.6 Å². The quantitative estimate of drug-likeness (QED) is 0.735. The second-order valence-corrected chi connectivity index (χ2v) is 9.82. The fraction of sp³-hybridized carbons (Fsp3) is 0.600. The Bertz CT molecular complexity index is 908. The zero-order chi connectivity index (χ0) is 20.4. The molecule has 8 nitrogen and oxygen atoms in total. The number of aryl methyl sites for hydroxylation is 2. The Hall–Kier alpha value is -1.97. The molecule has 2 saturated heterocycles. The van der Waals surface area contributed by atoms with Crippen LogP contribution in [0.3, 0.4) is 0 Å². The van der Waals surface area contributed by atoms with E-state index in [2.05, 4.69) is 19.9 Å². The van der Waals surface area contributed by atoms with Crippen LogP contribution in [-0.4, -0.2) is 67.0 Å². The molecule has 0 amide bonds. The van der Waals surface area contributed by atoms with Gasteiger partial charge in [0.05, 0.1) is 5.69 Å². The molecular formula is C20H29N5O3S. The first-order chi connectivity index (χ1) is 13.9. The maximum absolute atomic E-state index is 12.8. The fourth-order valence-electron chi connectivity index (χ4n) is 4.05. The molecule has 4 rings (SSSR count). The van der Waals surface area contributed by atoms with Gasteiger partial charge in [0.1, 0.15) is 16.5 Å². The second kappa shape index (κ2) is 8.41. The number of piperidine rings is 1. The van der Waals surface area contributed by atoms with Gasteiger partial charge in [0.25, 0.3) is 0 Å². The van der Waals surface area contributed by atoms with Crippen molar-refractivity contribution >= 4 is 15.8 Å². The van der Waals surface area contributed by atoms with Crippen molar-refractivity contribution in [2.75, 3.05) is 44.2 Å². The fourth-order valence-corrected chi connectivity index (χ4v) is 5.52. The van der Waals surface area contributed by atoms with Crippen LogP contribution in [0, 0.1) is 13.8 Å². The molecule has 0 saturated carbocycles. The number of piperazine rings is 1. The Morgan fingerprint density at radius 3 is 2.31 bits per heavy atom. The molecule has 2 fully saturated rings. The maximum Gasteiger partial charge on any atom is 0.244 e. The molecule has 0 atom stereocenters. The molecule has 0 spiro atoms. The van der Waals surface area contributed by atoms with Crippen LogP contribution in [0.15, 0.2) is 27.7 Å². The van der Waals surface area contributed by atoms with Crippen molar-refractivity contribution in [2.45, 2.75) is 44.6 Å². The lowest BCUT2D eigenvalue weighted by Gasteiger charge is -2.35. The number of aromatic nitrogens is 2. The van der Waals surface area contributed by atoms with Gasteiger partial charge >= 0.3 is 0 Å². The van der Waals surface area contributed by atoms with Gasteiger partial charge in [-0.2, -0.15) is 4.31 Å². The summed E-state index contributed by atoms with van der Waals surface area (Å²) in [7, 11) is -3.43. The van der Waals surface area contributed by atoms with Crippen LogP contribution in [0.2, 0.25) is 0 Å². The Morgan fingerprint density at radius 1 is 1.00 bits per heavy atom. The average molecular weight is 420 g/mol. The van der Waals surface area contributed by atoms with Gasteiger partial charge in [-0.05, 0) is 38.8 Å². The van der Waals surface area contributed by atoms with Crippen molar-refractivity contribution in [3.63, 3.8) is 0 Å². The van der Waals surface area contributed by atoms with E-state index in [1.807, 2.05) is 19.9 Å². The molecule has 0 N–H and O–H groups in total. The first kappa shape index (κ1) is 20.3. The summed E-state index contributed by atoms with van der Waals surface area (Å²) in [4.78, 5) is 9.36. The molecule has 4 heterocycles. The highest BCUT2D eigenvalue weighted by Gasteiger charge is 2.27. The molecule has 0 aliphatic carbocycles. The molecule has 0 bridgehead atoms. The Morgan fingerprint density at radius 2 is 1.72 bits per heavy atom. The van der Waals surface area contributed by atoms with E-state index in [-0.39, 0.29) is 0 Å². The van der Waals surface area contributed by atoms with Crippen molar-refractivity contribution in [1.29, 1.82) is 0 Å². The minimum atomic E-state index is -3.43. The summed E-state index contributed by atoms with van der Waals surface area (Å²) < 4.78 is 32.4. The Kier molecular flexibility index (Phi) is 5.89. The SMILES string of the molecule is Cc1noc(C)c1CN1CCN(c2ccc(S(=O)(=O)N3CCCCC3)cn2)CC1. The minimum Gasteiger partial charge on any atom is -0.361 e. The normalized spacial score (nSPS) is 19.6.